The highest BCUT2D eigenvalue weighted by Gasteiger charge is 2.47. The van der Waals surface area contributed by atoms with E-state index >= 15 is 0 Å². The molecule has 0 saturated heterocycles. The minimum atomic E-state index is -2.60. The maximum atomic E-state index is 6.37. The molecule has 0 heterocycles. The third-order valence-corrected chi connectivity index (χ3v) is 12.5. The SMILES string of the molecule is CCO[Si](CC[Si](OCC)(OCC)c1ccccc1)(OCC)c1ccccc1. The molecular weight excluding hydrogens is 384 g/mol. The third kappa shape index (κ3) is 5.62. The molecule has 0 fully saturated rings. The van der Waals surface area contributed by atoms with Gasteiger partial charge in [0, 0.05) is 26.4 Å². The van der Waals surface area contributed by atoms with Crippen LogP contribution < -0.4 is 10.4 Å². The molecule has 0 N–H and O–H groups in total. The minimum absolute atomic E-state index is 0.629. The molecule has 2 aromatic rings. The second kappa shape index (κ2) is 11.7. The Morgan fingerprint density at radius 2 is 0.786 bits per heavy atom. The molecular formula is C22H34O4Si2. The Labute approximate surface area is 172 Å². The van der Waals surface area contributed by atoms with Crippen molar-refractivity contribution >= 4 is 27.5 Å². The number of hydrogen-bond donors (Lipinski definition) is 0. The molecule has 0 atom stereocenters. The van der Waals surface area contributed by atoms with E-state index in [0.29, 0.717) is 26.4 Å². The van der Waals surface area contributed by atoms with Gasteiger partial charge < -0.3 is 17.7 Å². The first kappa shape index (κ1) is 23.0. The highest BCUT2D eigenvalue weighted by molar-refractivity contribution is 6.86. The molecule has 2 rings (SSSR count). The summed E-state index contributed by atoms with van der Waals surface area (Å²) in [5, 5.41) is 2.34. The van der Waals surface area contributed by atoms with Crippen LogP contribution in [0.1, 0.15) is 27.7 Å². The molecule has 0 aliphatic rings. The van der Waals surface area contributed by atoms with Crippen LogP contribution in [0.5, 0.6) is 0 Å². The van der Waals surface area contributed by atoms with Crippen LogP contribution in [-0.2, 0) is 17.7 Å². The Bertz CT molecular complexity index is 595. The van der Waals surface area contributed by atoms with E-state index in [1.807, 2.05) is 39.8 Å². The van der Waals surface area contributed by atoms with Crippen molar-refractivity contribution < 1.29 is 17.7 Å². The Kier molecular flexibility index (Phi) is 9.57. The van der Waals surface area contributed by atoms with Crippen molar-refractivity contribution in [2.75, 3.05) is 26.4 Å². The molecule has 0 amide bonds. The van der Waals surface area contributed by atoms with Gasteiger partial charge in [-0.15, -0.1) is 0 Å². The van der Waals surface area contributed by atoms with Gasteiger partial charge in [-0.2, -0.15) is 0 Å². The van der Waals surface area contributed by atoms with E-state index in [-0.39, 0.29) is 0 Å². The van der Waals surface area contributed by atoms with Gasteiger partial charge in [-0.05, 0) is 50.2 Å². The zero-order valence-corrected chi connectivity index (χ0v) is 19.6. The van der Waals surface area contributed by atoms with E-state index in [9.17, 15) is 0 Å². The van der Waals surface area contributed by atoms with Crippen molar-refractivity contribution in [1.29, 1.82) is 0 Å². The van der Waals surface area contributed by atoms with Gasteiger partial charge in [-0.25, -0.2) is 0 Å². The van der Waals surface area contributed by atoms with Crippen molar-refractivity contribution in [3.63, 3.8) is 0 Å². The van der Waals surface area contributed by atoms with Crippen LogP contribution in [0.2, 0.25) is 12.1 Å². The predicted molar refractivity (Wildman–Crippen MR) is 120 cm³/mol. The van der Waals surface area contributed by atoms with Crippen LogP contribution in [0.15, 0.2) is 60.7 Å². The van der Waals surface area contributed by atoms with Crippen molar-refractivity contribution in [2.45, 2.75) is 39.8 Å². The molecule has 28 heavy (non-hydrogen) atoms. The van der Waals surface area contributed by atoms with Crippen LogP contribution in [0, 0.1) is 0 Å². The summed E-state index contributed by atoms with van der Waals surface area (Å²) < 4.78 is 25.5. The average Bonchev–Trinajstić information content (AvgIpc) is 2.74. The molecule has 0 unspecified atom stereocenters. The summed E-state index contributed by atoms with van der Waals surface area (Å²) >= 11 is 0. The number of rotatable bonds is 13. The predicted octanol–water partition coefficient (Wildman–Crippen LogP) is 3.83. The molecule has 0 spiro atoms. The van der Waals surface area contributed by atoms with Gasteiger partial charge in [0.25, 0.3) is 0 Å². The molecule has 0 radical (unpaired) electrons. The lowest BCUT2D eigenvalue weighted by atomic mass is 10.4. The quantitative estimate of drug-likeness (QED) is 0.463. The standard InChI is InChI=1S/C22H34O4Si2/c1-5-23-27(24-6-2,21-15-11-9-12-16-21)19-20-28(25-7-3,26-8-4)22-17-13-10-14-18-22/h9-18H,5-8,19-20H2,1-4H3. The van der Waals surface area contributed by atoms with E-state index in [1.165, 1.54) is 10.4 Å². The van der Waals surface area contributed by atoms with E-state index < -0.39 is 17.1 Å². The first-order valence-electron chi connectivity index (χ1n) is 10.3. The van der Waals surface area contributed by atoms with Gasteiger partial charge in [-0.3, -0.25) is 0 Å². The van der Waals surface area contributed by atoms with Crippen LogP contribution in [0.3, 0.4) is 0 Å². The Morgan fingerprint density at radius 1 is 0.500 bits per heavy atom. The monoisotopic (exact) mass is 418 g/mol. The van der Waals surface area contributed by atoms with Gasteiger partial charge in [0.05, 0.1) is 0 Å². The zero-order valence-electron chi connectivity index (χ0n) is 17.6. The number of hydrogen-bond acceptors (Lipinski definition) is 4. The summed E-state index contributed by atoms with van der Waals surface area (Å²) in [7, 11) is -5.20. The Hall–Kier alpha value is -1.29. The van der Waals surface area contributed by atoms with Gasteiger partial charge in [0.15, 0.2) is 0 Å². The molecule has 0 bridgehead atoms. The Morgan fingerprint density at radius 3 is 1.04 bits per heavy atom. The van der Waals surface area contributed by atoms with Gasteiger partial charge in [0.2, 0.25) is 0 Å². The lowest BCUT2D eigenvalue weighted by Gasteiger charge is -2.35. The summed E-state index contributed by atoms with van der Waals surface area (Å²) in [5.74, 6) is 0. The largest absolute Gasteiger partial charge is 0.391 e. The lowest BCUT2D eigenvalue weighted by Crippen LogP contribution is -2.59. The minimum Gasteiger partial charge on any atom is -0.391 e. The van der Waals surface area contributed by atoms with Gasteiger partial charge >= 0.3 is 17.1 Å². The average molecular weight is 419 g/mol. The fourth-order valence-corrected chi connectivity index (χ4v) is 11.5. The van der Waals surface area contributed by atoms with Crippen LogP contribution in [0.4, 0.5) is 0 Å². The third-order valence-electron chi connectivity index (χ3n) is 4.72. The molecule has 154 valence electrons. The smallest absolute Gasteiger partial charge is 0.372 e. The molecule has 4 nitrogen and oxygen atoms in total. The molecule has 2 aromatic carbocycles. The molecule has 0 aromatic heterocycles. The van der Waals surface area contributed by atoms with Crippen molar-refractivity contribution in [3.8, 4) is 0 Å². The first-order chi connectivity index (χ1) is 13.7. The molecule has 0 saturated carbocycles. The summed E-state index contributed by atoms with van der Waals surface area (Å²) in [6.45, 7) is 10.7. The molecule has 0 aliphatic heterocycles. The molecule has 6 heteroatoms. The number of benzene rings is 2. The van der Waals surface area contributed by atoms with E-state index in [4.69, 9.17) is 17.7 Å². The van der Waals surface area contributed by atoms with E-state index in [0.717, 1.165) is 12.1 Å². The molecule has 0 aliphatic carbocycles. The van der Waals surface area contributed by atoms with Crippen molar-refractivity contribution in [3.05, 3.63) is 60.7 Å². The summed E-state index contributed by atoms with van der Waals surface area (Å²) in [6.07, 6.45) is 0. The van der Waals surface area contributed by atoms with Crippen molar-refractivity contribution in [2.24, 2.45) is 0 Å². The zero-order chi connectivity index (χ0) is 20.3. The van der Waals surface area contributed by atoms with E-state index in [2.05, 4.69) is 48.5 Å². The highest BCUT2D eigenvalue weighted by atomic mass is 28.4. The Balaban J connectivity index is 2.40. The second-order valence-electron chi connectivity index (χ2n) is 6.47. The second-order valence-corrected chi connectivity index (χ2v) is 12.8. The van der Waals surface area contributed by atoms with E-state index in [1.54, 1.807) is 0 Å². The maximum Gasteiger partial charge on any atom is 0.372 e. The topological polar surface area (TPSA) is 36.9 Å². The normalized spacial score (nSPS) is 12.3. The van der Waals surface area contributed by atoms with Gasteiger partial charge in [-0.1, -0.05) is 60.7 Å². The van der Waals surface area contributed by atoms with Crippen LogP contribution >= 0.6 is 0 Å². The lowest BCUT2D eigenvalue weighted by molar-refractivity contribution is 0.184. The first-order valence-corrected chi connectivity index (χ1v) is 14.4. The van der Waals surface area contributed by atoms with Crippen LogP contribution in [-0.4, -0.2) is 43.5 Å². The summed E-state index contributed by atoms with van der Waals surface area (Å²) in [4.78, 5) is 0. The van der Waals surface area contributed by atoms with Gasteiger partial charge in [0.1, 0.15) is 0 Å². The summed E-state index contributed by atoms with van der Waals surface area (Å²) in [5.41, 5.74) is 0. The fraction of sp³-hybridized carbons (Fsp3) is 0.455. The van der Waals surface area contributed by atoms with Crippen LogP contribution in [0.25, 0.3) is 0 Å². The highest BCUT2D eigenvalue weighted by Crippen LogP contribution is 2.25. The fourth-order valence-electron chi connectivity index (χ4n) is 3.64. The maximum absolute atomic E-state index is 6.37. The van der Waals surface area contributed by atoms with Crippen molar-refractivity contribution in [1.82, 2.24) is 0 Å². The summed E-state index contributed by atoms with van der Waals surface area (Å²) in [6, 6.07) is 22.4.